The maximum atomic E-state index is 11.9. The number of nitrogens with zero attached hydrogens (tertiary/aromatic N) is 3. The van der Waals surface area contributed by atoms with Crippen molar-refractivity contribution in [1.82, 2.24) is 9.78 Å². The van der Waals surface area contributed by atoms with Gasteiger partial charge in [-0.2, -0.15) is 5.10 Å². The standard InChI is InChI=1S/C12H19N3O4/c1-18-9-11(16)8-15-12(17)6-10(7-13-15)14-2-4-19-5-3-14/h6-7,11,16H,2-5,8-9H2,1H3. The Balaban J connectivity index is 2.06. The third-order valence-corrected chi connectivity index (χ3v) is 2.97. The number of anilines is 1. The molecule has 1 saturated heterocycles. The lowest BCUT2D eigenvalue weighted by molar-refractivity contribution is 0.0504. The molecular formula is C12H19N3O4. The van der Waals surface area contributed by atoms with Crippen LogP contribution >= 0.6 is 0 Å². The predicted molar refractivity (Wildman–Crippen MR) is 69.4 cm³/mol. The summed E-state index contributed by atoms with van der Waals surface area (Å²) in [5.41, 5.74) is 0.574. The quantitative estimate of drug-likeness (QED) is 0.745. The van der Waals surface area contributed by atoms with Gasteiger partial charge in [0.15, 0.2) is 0 Å². The lowest BCUT2D eigenvalue weighted by Gasteiger charge is -2.28. The van der Waals surface area contributed by atoms with Gasteiger partial charge in [0.1, 0.15) is 0 Å². The molecule has 1 aliphatic rings. The lowest BCUT2D eigenvalue weighted by Crippen LogP contribution is -2.38. The van der Waals surface area contributed by atoms with Crippen LogP contribution in [-0.4, -0.2) is 61.0 Å². The van der Waals surface area contributed by atoms with Crippen molar-refractivity contribution in [1.29, 1.82) is 0 Å². The Morgan fingerprint density at radius 1 is 1.53 bits per heavy atom. The van der Waals surface area contributed by atoms with E-state index in [1.54, 1.807) is 6.20 Å². The Labute approximate surface area is 111 Å². The number of aromatic nitrogens is 2. The summed E-state index contributed by atoms with van der Waals surface area (Å²) in [6.07, 6.45) is 0.913. The van der Waals surface area contributed by atoms with Crippen molar-refractivity contribution in [3.8, 4) is 0 Å². The fourth-order valence-electron chi connectivity index (χ4n) is 2.00. The van der Waals surface area contributed by atoms with Crippen LogP contribution in [0.3, 0.4) is 0 Å². The molecule has 1 unspecified atom stereocenters. The van der Waals surface area contributed by atoms with Crippen molar-refractivity contribution >= 4 is 5.69 Å². The van der Waals surface area contributed by atoms with Gasteiger partial charge in [0.05, 0.1) is 44.4 Å². The maximum Gasteiger partial charge on any atom is 0.268 e. The highest BCUT2D eigenvalue weighted by Gasteiger charge is 2.13. The summed E-state index contributed by atoms with van der Waals surface area (Å²) in [6.45, 7) is 3.16. The largest absolute Gasteiger partial charge is 0.389 e. The molecule has 0 aliphatic carbocycles. The predicted octanol–water partition coefficient (Wildman–Crippen LogP) is -0.913. The fourth-order valence-corrected chi connectivity index (χ4v) is 2.00. The SMILES string of the molecule is COCC(O)Cn1ncc(N2CCOCC2)cc1=O. The van der Waals surface area contributed by atoms with Crippen molar-refractivity contribution in [3.63, 3.8) is 0 Å². The molecule has 0 amide bonds. The van der Waals surface area contributed by atoms with Crippen LogP contribution in [0.2, 0.25) is 0 Å². The van der Waals surface area contributed by atoms with Gasteiger partial charge in [0.25, 0.3) is 5.56 Å². The summed E-state index contributed by atoms with van der Waals surface area (Å²) in [5.74, 6) is 0. The van der Waals surface area contributed by atoms with Crippen LogP contribution in [0.5, 0.6) is 0 Å². The van der Waals surface area contributed by atoms with Gasteiger partial charge in [-0.1, -0.05) is 0 Å². The maximum absolute atomic E-state index is 11.9. The normalized spacial score (nSPS) is 17.5. The molecule has 0 aromatic carbocycles. The van der Waals surface area contributed by atoms with E-state index in [0.717, 1.165) is 18.8 Å². The highest BCUT2D eigenvalue weighted by molar-refractivity contribution is 5.43. The number of morpholine rings is 1. The van der Waals surface area contributed by atoms with Gasteiger partial charge in [-0.05, 0) is 0 Å². The number of methoxy groups -OCH3 is 1. The molecule has 1 N–H and O–H groups in total. The smallest absolute Gasteiger partial charge is 0.268 e. The molecule has 2 rings (SSSR count). The van der Waals surface area contributed by atoms with Gasteiger partial charge in [0.2, 0.25) is 0 Å². The lowest BCUT2D eigenvalue weighted by atomic mass is 10.3. The molecule has 7 nitrogen and oxygen atoms in total. The molecule has 1 aromatic rings. The van der Waals surface area contributed by atoms with Crippen LogP contribution < -0.4 is 10.5 Å². The van der Waals surface area contributed by atoms with Gasteiger partial charge in [-0.3, -0.25) is 4.79 Å². The van der Waals surface area contributed by atoms with Gasteiger partial charge < -0.3 is 19.5 Å². The molecule has 0 saturated carbocycles. The molecule has 0 spiro atoms. The molecule has 106 valence electrons. The molecule has 1 aliphatic heterocycles. The zero-order valence-corrected chi connectivity index (χ0v) is 11.0. The molecular weight excluding hydrogens is 250 g/mol. The Hall–Kier alpha value is -1.44. The number of aliphatic hydroxyl groups excluding tert-OH is 1. The average molecular weight is 269 g/mol. The highest BCUT2D eigenvalue weighted by atomic mass is 16.5. The number of hydrogen-bond donors (Lipinski definition) is 1. The Morgan fingerprint density at radius 3 is 2.89 bits per heavy atom. The molecule has 7 heteroatoms. The Morgan fingerprint density at radius 2 is 2.26 bits per heavy atom. The van der Waals surface area contributed by atoms with Gasteiger partial charge >= 0.3 is 0 Å². The van der Waals surface area contributed by atoms with E-state index in [1.165, 1.54) is 17.9 Å². The van der Waals surface area contributed by atoms with Crippen LogP contribution in [0.15, 0.2) is 17.1 Å². The first-order chi connectivity index (χ1) is 9.20. The zero-order chi connectivity index (χ0) is 13.7. The van der Waals surface area contributed by atoms with E-state index in [0.29, 0.717) is 13.2 Å². The summed E-state index contributed by atoms with van der Waals surface area (Å²) in [5, 5.41) is 13.7. The highest BCUT2D eigenvalue weighted by Crippen LogP contribution is 2.11. The van der Waals surface area contributed by atoms with Crippen LogP contribution in [0, 0.1) is 0 Å². The first-order valence-electron chi connectivity index (χ1n) is 6.27. The minimum absolute atomic E-state index is 0.135. The number of aliphatic hydroxyl groups is 1. The van der Waals surface area contributed by atoms with Crippen molar-refractivity contribution < 1.29 is 14.6 Å². The van der Waals surface area contributed by atoms with Crippen molar-refractivity contribution in [3.05, 3.63) is 22.6 Å². The van der Waals surface area contributed by atoms with E-state index in [4.69, 9.17) is 9.47 Å². The third-order valence-electron chi connectivity index (χ3n) is 2.97. The average Bonchev–Trinajstić information content (AvgIpc) is 2.42. The molecule has 0 bridgehead atoms. The van der Waals surface area contributed by atoms with E-state index >= 15 is 0 Å². The second-order valence-electron chi connectivity index (χ2n) is 4.44. The van der Waals surface area contributed by atoms with Gasteiger partial charge in [-0.25, -0.2) is 4.68 Å². The molecule has 1 fully saturated rings. The Bertz CT molecular complexity index is 457. The van der Waals surface area contributed by atoms with Crippen LogP contribution in [0.4, 0.5) is 5.69 Å². The minimum Gasteiger partial charge on any atom is -0.389 e. The van der Waals surface area contributed by atoms with E-state index in [1.807, 2.05) is 0 Å². The van der Waals surface area contributed by atoms with Crippen molar-refractivity contribution in [2.75, 3.05) is 44.9 Å². The monoisotopic (exact) mass is 269 g/mol. The number of ether oxygens (including phenoxy) is 2. The Kier molecular flexibility index (Phi) is 4.89. The fraction of sp³-hybridized carbons (Fsp3) is 0.667. The minimum atomic E-state index is -0.732. The summed E-state index contributed by atoms with van der Waals surface area (Å²) < 4.78 is 11.3. The van der Waals surface area contributed by atoms with Crippen LogP contribution in [0.1, 0.15) is 0 Å². The van der Waals surface area contributed by atoms with Gasteiger partial charge in [0, 0.05) is 26.3 Å². The first-order valence-corrected chi connectivity index (χ1v) is 6.27. The molecule has 19 heavy (non-hydrogen) atoms. The van der Waals surface area contributed by atoms with Crippen LogP contribution in [0.25, 0.3) is 0 Å². The van der Waals surface area contributed by atoms with E-state index in [2.05, 4.69) is 10.00 Å². The molecule has 2 heterocycles. The number of rotatable bonds is 5. The van der Waals surface area contributed by atoms with Crippen molar-refractivity contribution in [2.24, 2.45) is 0 Å². The second kappa shape index (κ2) is 6.65. The van der Waals surface area contributed by atoms with Gasteiger partial charge in [-0.15, -0.1) is 0 Å². The van der Waals surface area contributed by atoms with E-state index < -0.39 is 6.10 Å². The first kappa shape index (κ1) is 14.0. The summed E-state index contributed by atoms with van der Waals surface area (Å²) in [7, 11) is 1.50. The van der Waals surface area contributed by atoms with E-state index in [-0.39, 0.29) is 18.7 Å². The molecule has 1 atom stereocenters. The summed E-state index contributed by atoms with van der Waals surface area (Å²) >= 11 is 0. The second-order valence-corrected chi connectivity index (χ2v) is 4.44. The van der Waals surface area contributed by atoms with E-state index in [9.17, 15) is 9.90 Å². The summed E-state index contributed by atoms with van der Waals surface area (Å²) in [6, 6.07) is 1.54. The molecule has 0 radical (unpaired) electrons. The molecule has 1 aromatic heterocycles. The number of hydrogen-bond acceptors (Lipinski definition) is 6. The summed E-state index contributed by atoms with van der Waals surface area (Å²) in [4.78, 5) is 14.0. The zero-order valence-electron chi connectivity index (χ0n) is 11.0. The van der Waals surface area contributed by atoms with Crippen LogP contribution in [-0.2, 0) is 16.0 Å². The topological polar surface area (TPSA) is 76.8 Å². The third kappa shape index (κ3) is 3.76. The van der Waals surface area contributed by atoms with Crippen molar-refractivity contribution in [2.45, 2.75) is 12.6 Å².